The van der Waals surface area contributed by atoms with E-state index in [1.165, 1.54) is 6.20 Å². The molecule has 0 saturated heterocycles. The molecule has 0 aliphatic carbocycles. The van der Waals surface area contributed by atoms with Crippen molar-refractivity contribution in [2.24, 2.45) is 15.0 Å². The number of amidine groups is 1. The highest BCUT2D eigenvalue weighted by Gasteiger charge is 1.96. The second-order valence-corrected chi connectivity index (χ2v) is 2.41. The van der Waals surface area contributed by atoms with Gasteiger partial charge >= 0.3 is 0 Å². The number of nitrogens with one attached hydrogen (secondary N) is 1. The minimum atomic E-state index is 0.614. The summed E-state index contributed by atoms with van der Waals surface area (Å²) >= 11 is 0. The summed E-state index contributed by atoms with van der Waals surface area (Å²) in [6.07, 6.45) is 2.57. The summed E-state index contributed by atoms with van der Waals surface area (Å²) in [4.78, 5) is 12.0. The number of rotatable bonds is 2. The Labute approximate surface area is 71.8 Å². The van der Waals surface area contributed by atoms with Crippen LogP contribution in [-0.4, -0.2) is 24.2 Å². The summed E-state index contributed by atoms with van der Waals surface area (Å²) in [6.45, 7) is 4.78. The summed E-state index contributed by atoms with van der Waals surface area (Å²) < 4.78 is 0. The molecule has 4 nitrogen and oxygen atoms in total. The molecule has 0 unspecified atom stereocenters. The van der Waals surface area contributed by atoms with E-state index in [0.717, 1.165) is 13.0 Å². The quantitative estimate of drug-likeness (QED) is 0.649. The Bertz CT molecular complexity index is 269. The molecule has 1 rings (SSSR count). The monoisotopic (exact) mass is 164 g/mol. The zero-order valence-corrected chi connectivity index (χ0v) is 7.33. The summed E-state index contributed by atoms with van der Waals surface area (Å²) in [7, 11) is 0. The van der Waals surface area contributed by atoms with Crippen LogP contribution in [0.25, 0.3) is 0 Å². The van der Waals surface area contributed by atoms with Crippen molar-refractivity contribution in [2.45, 2.75) is 20.3 Å². The van der Waals surface area contributed by atoms with E-state index < -0.39 is 0 Å². The maximum Gasteiger partial charge on any atom is 0.225 e. The van der Waals surface area contributed by atoms with Gasteiger partial charge in [0.15, 0.2) is 0 Å². The van der Waals surface area contributed by atoms with Gasteiger partial charge in [0.1, 0.15) is 5.84 Å². The van der Waals surface area contributed by atoms with Gasteiger partial charge in [-0.1, -0.05) is 6.92 Å². The van der Waals surface area contributed by atoms with Gasteiger partial charge < -0.3 is 5.32 Å². The van der Waals surface area contributed by atoms with Crippen LogP contribution >= 0.6 is 0 Å². The Kier molecular flexibility index (Phi) is 3.23. The van der Waals surface area contributed by atoms with Gasteiger partial charge in [0.2, 0.25) is 5.96 Å². The Morgan fingerprint density at radius 3 is 3.17 bits per heavy atom. The first-order chi connectivity index (χ1) is 5.83. The van der Waals surface area contributed by atoms with Gasteiger partial charge in [-0.2, -0.15) is 9.98 Å². The molecule has 1 N–H and O–H groups in total. The third-order valence-electron chi connectivity index (χ3n) is 1.27. The molecule has 0 aromatic carbocycles. The van der Waals surface area contributed by atoms with E-state index >= 15 is 0 Å². The molecule has 12 heavy (non-hydrogen) atoms. The Hall–Kier alpha value is -1.41. The van der Waals surface area contributed by atoms with Crippen LogP contribution in [0.15, 0.2) is 21.2 Å². The van der Waals surface area contributed by atoms with Crippen LogP contribution in [0.4, 0.5) is 0 Å². The Morgan fingerprint density at radius 2 is 2.42 bits per heavy atom. The van der Waals surface area contributed by atoms with Gasteiger partial charge in [0.05, 0.1) is 6.20 Å². The zero-order chi connectivity index (χ0) is 8.81. The largest absolute Gasteiger partial charge is 0.354 e. The van der Waals surface area contributed by atoms with Gasteiger partial charge in [0.25, 0.3) is 0 Å². The SMILES string of the molecule is CCCNC1=NC=C=NC(C)=N1. The molecule has 1 heterocycles. The third-order valence-corrected chi connectivity index (χ3v) is 1.27. The Balaban J connectivity index is 2.61. The lowest BCUT2D eigenvalue weighted by Gasteiger charge is -2.00. The summed E-state index contributed by atoms with van der Waals surface area (Å²) in [5, 5.41) is 3.07. The first-order valence-electron chi connectivity index (χ1n) is 3.98. The van der Waals surface area contributed by atoms with Crippen molar-refractivity contribution in [1.82, 2.24) is 5.32 Å². The van der Waals surface area contributed by atoms with Crippen molar-refractivity contribution in [3.63, 3.8) is 0 Å². The molecule has 0 saturated carbocycles. The van der Waals surface area contributed by atoms with Crippen LogP contribution in [-0.2, 0) is 0 Å². The molecule has 0 aromatic rings. The summed E-state index contributed by atoms with van der Waals surface area (Å²) in [5.41, 5.74) is 0. The molecular formula is C8H12N4. The molecular weight excluding hydrogens is 152 g/mol. The Morgan fingerprint density at radius 1 is 1.58 bits per heavy atom. The molecule has 4 heteroatoms. The molecule has 0 atom stereocenters. The topological polar surface area (TPSA) is 49.1 Å². The second-order valence-electron chi connectivity index (χ2n) is 2.41. The molecule has 64 valence electrons. The highest BCUT2D eigenvalue weighted by atomic mass is 15.1. The standard InChI is InChI=1S/C8H12N4/c1-3-4-10-8-11-6-5-9-7(2)12-8/h6H,3-4H2,1-2H3,(H,10,11). The lowest BCUT2D eigenvalue weighted by atomic mass is 10.5. The van der Waals surface area contributed by atoms with Crippen molar-refractivity contribution in [3.8, 4) is 0 Å². The van der Waals surface area contributed by atoms with Crippen LogP contribution in [0.1, 0.15) is 20.3 Å². The van der Waals surface area contributed by atoms with Crippen molar-refractivity contribution < 1.29 is 0 Å². The van der Waals surface area contributed by atoms with Gasteiger partial charge in [-0.05, 0) is 13.3 Å². The molecule has 1 aliphatic rings. The van der Waals surface area contributed by atoms with Gasteiger partial charge in [-0.3, -0.25) is 0 Å². The number of hydrogen-bond donors (Lipinski definition) is 1. The first kappa shape index (κ1) is 8.68. The van der Waals surface area contributed by atoms with Gasteiger partial charge in [-0.25, -0.2) is 4.99 Å². The summed E-state index contributed by atoms with van der Waals surface area (Å²) in [5.74, 6) is 3.93. The van der Waals surface area contributed by atoms with E-state index in [1.807, 2.05) is 6.92 Å². The number of hydrogen-bond acceptors (Lipinski definition) is 4. The molecule has 0 fully saturated rings. The second kappa shape index (κ2) is 4.46. The van der Waals surface area contributed by atoms with Crippen LogP contribution in [0.5, 0.6) is 0 Å². The average Bonchev–Trinajstić information content (AvgIpc) is 2.26. The molecule has 0 bridgehead atoms. The van der Waals surface area contributed by atoms with Crippen LogP contribution in [0.2, 0.25) is 0 Å². The fourth-order valence-corrected chi connectivity index (χ4v) is 0.741. The highest BCUT2D eigenvalue weighted by Crippen LogP contribution is 1.87. The van der Waals surface area contributed by atoms with Crippen LogP contribution in [0, 0.1) is 0 Å². The first-order valence-corrected chi connectivity index (χ1v) is 3.98. The lowest BCUT2D eigenvalue weighted by molar-refractivity contribution is 0.834. The summed E-state index contributed by atoms with van der Waals surface area (Å²) in [6, 6.07) is 0. The van der Waals surface area contributed by atoms with E-state index in [1.54, 1.807) is 0 Å². The number of aliphatic imine (C=N–C) groups is 3. The number of guanidine groups is 1. The molecule has 0 aromatic heterocycles. The van der Waals surface area contributed by atoms with E-state index in [4.69, 9.17) is 0 Å². The normalized spacial score (nSPS) is 15.2. The molecule has 0 amide bonds. The van der Waals surface area contributed by atoms with Gasteiger partial charge in [0, 0.05) is 12.4 Å². The third kappa shape index (κ3) is 2.68. The average molecular weight is 164 g/mol. The maximum absolute atomic E-state index is 4.11. The van der Waals surface area contributed by atoms with Crippen molar-refractivity contribution in [1.29, 1.82) is 0 Å². The molecule has 0 radical (unpaired) electrons. The minimum absolute atomic E-state index is 0.614. The highest BCUT2D eigenvalue weighted by molar-refractivity contribution is 5.99. The van der Waals surface area contributed by atoms with E-state index in [0.29, 0.717) is 11.8 Å². The minimum Gasteiger partial charge on any atom is -0.354 e. The van der Waals surface area contributed by atoms with Crippen LogP contribution in [0.3, 0.4) is 0 Å². The van der Waals surface area contributed by atoms with Crippen molar-refractivity contribution in [2.75, 3.05) is 6.54 Å². The van der Waals surface area contributed by atoms with Crippen LogP contribution < -0.4 is 5.32 Å². The molecule has 0 spiro atoms. The van der Waals surface area contributed by atoms with Gasteiger partial charge in [-0.15, -0.1) is 0 Å². The predicted molar refractivity (Wildman–Crippen MR) is 50.8 cm³/mol. The van der Waals surface area contributed by atoms with E-state index in [-0.39, 0.29) is 0 Å². The van der Waals surface area contributed by atoms with E-state index in [2.05, 4.69) is 33.1 Å². The smallest absolute Gasteiger partial charge is 0.225 e. The molecule has 1 aliphatic heterocycles. The van der Waals surface area contributed by atoms with Crippen molar-refractivity contribution in [3.05, 3.63) is 6.20 Å². The van der Waals surface area contributed by atoms with E-state index in [9.17, 15) is 0 Å². The fourth-order valence-electron chi connectivity index (χ4n) is 0.741. The lowest BCUT2D eigenvalue weighted by Crippen LogP contribution is -2.22. The predicted octanol–water partition coefficient (Wildman–Crippen LogP) is 0.957. The maximum atomic E-state index is 4.11. The number of nitrogens with zero attached hydrogens (tertiary/aromatic N) is 3. The fraction of sp³-hybridized carbons (Fsp3) is 0.500. The zero-order valence-electron chi connectivity index (χ0n) is 7.33. The van der Waals surface area contributed by atoms with Crippen molar-refractivity contribution >= 4 is 17.7 Å².